The average molecular weight is 1260 g/mol. The standard InChI is InChI=1S/C69H129NO18/c1-3-5-7-9-11-13-15-17-19-21-22-23-24-25-26-27-28-29-30-31-32-34-36-38-40-42-44-46-53(74)52(70-57(75)47-45-43-41-39-37-35-33-20-18-16-14-12-10-8-6-4-2)51-83-67-63(81)60(78)65(55(49-72)85-67)88-69-64(82)61(79)66(56(50-73)86-69)87-68-62(80)59(77)58(76)54(48-71)84-68/h20,33,44,46,52-56,58-69,71-74,76-82H,3-19,21-32,34-43,45,47-51H2,1-2H3,(H,70,75)/b33-20-,46-44+. The number of hydrogen-bond acceptors (Lipinski definition) is 18. The lowest BCUT2D eigenvalue weighted by atomic mass is 9.96. The molecule has 88 heavy (non-hydrogen) atoms. The molecule has 3 aliphatic heterocycles. The number of unbranched alkanes of at least 4 members (excludes halogenated alkanes) is 37. The third-order valence-electron chi connectivity index (χ3n) is 18.0. The van der Waals surface area contributed by atoms with Crippen LogP contribution in [0.1, 0.15) is 277 Å². The Balaban J connectivity index is 1.42. The molecule has 3 rings (SSSR count). The Kier molecular flexibility index (Phi) is 47.3. The van der Waals surface area contributed by atoms with Gasteiger partial charge in [0.1, 0.15) is 73.2 Å². The maximum Gasteiger partial charge on any atom is 0.220 e. The van der Waals surface area contributed by atoms with E-state index in [4.69, 9.17) is 28.4 Å². The molecule has 17 atom stereocenters. The smallest absolute Gasteiger partial charge is 0.220 e. The van der Waals surface area contributed by atoms with Crippen LogP contribution in [0.4, 0.5) is 0 Å². The van der Waals surface area contributed by atoms with Crippen molar-refractivity contribution >= 4 is 5.91 Å². The first-order valence-electron chi connectivity index (χ1n) is 35.6. The SMILES string of the molecule is CCCCCCCCC/C=C\CCCCCCCC(=O)NC(COC1OC(CO)C(OC2OC(CO)C(OC3OC(CO)C(O)C(O)C3O)C(O)C2O)C(O)C1O)C(O)/C=C/CCCCCCCCCCCCCCCCCCCCCCCCCCC. The van der Waals surface area contributed by atoms with Crippen molar-refractivity contribution in [1.29, 1.82) is 0 Å². The third-order valence-corrected chi connectivity index (χ3v) is 18.0. The van der Waals surface area contributed by atoms with Crippen molar-refractivity contribution in [3.8, 4) is 0 Å². The molecular formula is C69H129NO18. The second-order valence-corrected chi connectivity index (χ2v) is 25.7. The van der Waals surface area contributed by atoms with Crippen LogP contribution in [-0.2, 0) is 33.2 Å². The van der Waals surface area contributed by atoms with E-state index in [1.165, 1.54) is 186 Å². The molecule has 3 aliphatic rings. The van der Waals surface area contributed by atoms with Crippen molar-refractivity contribution in [3.05, 3.63) is 24.3 Å². The number of aliphatic hydroxyl groups excluding tert-OH is 11. The van der Waals surface area contributed by atoms with E-state index in [0.717, 1.165) is 64.2 Å². The Morgan fingerprint density at radius 3 is 1.10 bits per heavy atom. The fraction of sp³-hybridized carbons (Fsp3) is 0.928. The molecule has 0 aliphatic carbocycles. The molecule has 0 bridgehead atoms. The van der Waals surface area contributed by atoms with Crippen molar-refractivity contribution in [1.82, 2.24) is 5.32 Å². The lowest BCUT2D eigenvalue weighted by molar-refractivity contribution is -0.379. The van der Waals surface area contributed by atoms with Gasteiger partial charge < -0.3 is 89.9 Å². The van der Waals surface area contributed by atoms with Crippen molar-refractivity contribution < 1.29 is 89.4 Å². The monoisotopic (exact) mass is 1260 g/mol. The largest absolute Gasteiger partial charge is 0.394 e. The first-order chi connectivity index (χ1) is 42.8. The number of allylic oxidation sites excluding steroid dienone is 3. The first kappa shape index (κ1) is 80.5. The molecular weight excluding hydrogens is 1130 g/mol. The minimum atomic E-state index is -1.98. The van der Waals surface area contributed by atoms with Crippen molar-refractivity contribution in [2.75, 3.05) is 26.4 Å². The Bertz CT molecular complexity index is 1690. The van der Waals surface area contributed by atoms with Gasteiger partial charge in [0.05, 0.1) is 38.6 Å². The maximum absolute atomic E-state index is 13.4. The van der Waals surface area contributed by atoms with Crippen LogP contribution in [0.5, 0.6) is 0 Å². The molecule has 518 valence electrons. The predicted octanol–water partition coefficient (Wildman–Crippen LogP) is 9.44. The topological polar surface area (TPSA) is 307 Å². The summed E-state index contributed by atoms with van der Waals surface area (Å²) in [5, 5.41) is 121. The van der Waals surface area contributed by atoms with E-state index in [-0.39, 0.29) is 18.9 Å². The summed E-state index contributed by atoms with van der Waals surface area (Å²) in [7, 11) is 0. The minimum absolute atomic E-state index is 0.235. The zero-order valence-corrected chi connectivity index (χ0v) is 54.7. The zero-order valence-electron chi connectivity index (χ0n) is 54.7. The Morgan fingerprint density at radius 1 is 0.398 bits per heavy atom. The number of rotatable bonds is 55. The van der Waals surface area contributed by atoms with E-state index < -0.39 is 124 Å². The number of amides is 1. The van der Waals surface area contributed by atoms with Gasteiger partial charge in [0.2, 0.25) is 5.91 Å². The van der Waals surface area contributed by atoms with Gasteiger partial charge in [-0.05, 0) is 44.9 Å². The molecule has 0 saturated carbocycles. The van der Waals surface area contributed by atoms with Gasteiger partial charge in [-0.3, -0.25) is 4.79 Å². The lowest BCUT2D eigenvalue weighted by Crippen LogP contribution is -2.66. The molecule has 19 heteroatoms. The quantitative estimate of drug-likeness (QED) is 0.0199. The summed E-state index contributed by atoms with van der Waals surface area (Å²) in [6.07, 6.45) is 31.6. The van der Waals surface area contributed by atoms with E-state index in [1.54, 1.807) is 6.08 Å². The van der Waals surface area contributed by atoms with Crippen molar-refractivity contribution in [3.63, 3.8) is 0 Å². The molecule has 19 nitrogen and oxygen atoms in total. The summed E-state index contributed by atoms with van der Waals surface area (Å²) in [6, 6.07) is -0.976. The average Bonchev–Trinajstić information content (AvgIpc) is 3.72. The van der Waals surface area contributed by atoms with Crippen LogP contribution in [0, 0.1) is 0 Å². The zero-order chi connectivity index (χ0) is 64.0. The molecule has 0 aromatic carbocycles. The molecule has 0 aromatic rings. The number of ether oxygens (including phenoxy) is 6. The molecule has 1 amide bonds. The van der Waals surface area contributed by atoms with E-state index in [9.17, 15) is 61.0 Å². The minimum Gasteiger partial charge on any atom is -0.394 e. The summed E-state index contributed by atoms with van der Waals surface area (Å²) in [5.41, 5.74) is 0. The van der Waals surface area contributed by atoms with Gasteiger partial charge in [0.25, 0.3) is 0 Å². The lowest BCUT2D eigenvalue weighted by Gasteiger charge is -2.48. The van der Waals surface area contributed by atoms with E-state index >= 15 is 0 Å². The van der Waals surface area contributed by atoms with Gasteiger partial charge in [-0.15, -0.1) is 0 Å². The van der Waals surface area contributed by atoms with Crippen molar-refractivity contribution in [2.24, 2.45) is 0 Å². The number of hydrogen-bond donors (Lipinski definition) is 12. The molecule has 17 unspecified atom stereocenters. The number of carbonyl (C=O) groups excluding carboxylic acids is 1. The van der Waals surface area contributed by atoms with Gasteiger partial charge >= 0.3 is 0 Å². The Labute approximate surface area is 530 Å². The van der Waals surface area contributed by atoms with E-state index in [2.05, 4.69) is 31.3 Å². The highest BCUT2D eigenvalue weighted by Crippen LogP contribution is 2.33. The van der Waals surface area contributed by atoms with Crippen LogP contribution in [0.25, 0.3) is 0 Å². The van der Waals surface area contributed by atoms with Gasteiger partial charge in [0.15, 0.2) is 18.9 Å². The Hall–Kier alpha value is -1.73. The van der Waals surface area contributed by atoms with Gasteiger partial charge in [-0.2, -0.15) is 0 Å². The van der Waals surface area contributed by atoms with E-state index in [1.807, 2.05) is 6.08 Å². The van der Waals surface area contributed by atoms with Crippen LogP contribution in [-0.4, -0.2) is 193 Å². The molecule has 0 radical (unpaired) electrons. The molecule has 0 spiro atoms. The number of aliphatic hydroxyl groups is 11. The normalized spacial score (nSPS) is 28.5. The fourth-order valence-electron chi connectivity index (χ4n) is 12.2. The van der Waals surface area contributed by atoms with Crippen LogP contribution in [0.15, 0.2) is 24.3 Å². The van der Waals surface area contributed by atoms with Crippen LogP contribution >= 0.6 is 0 Å². The fourth-order valence-corrected chi connectivity index (χ4v) is 12.2. The second kappa shape index (κ2) is 51.7. The highest BCUT2D eigenvalue weighted by atomic mass is 16.8. The highest BCUT2D eigenvalue weighted by molar-refractivity contribution is 5.76. The molecule has 3 saturated heterocycles. The summed E-state index contributed by atoms with van der Waals surface area (Å²) in [6.45, 7) is 1.75. The number of nitrogens with one attached hydrogen (secondary N) is 1. The van der Waals surface area contributed by atoms with Crippen LogP contribution < -0.4 is 5.32 Å². The van der Waals surface area contributed by atoms with Crippen molar-refractivity contribution in [2.45, 2.75) is 381 Å². The maximum atomic E-state index is 13.4. The second-order valence-electron chi connectivity index (χ2n) is 25.7. The molecule has 3 heterocycles. The summed E-state index contributed by atoms with van der Waals surface area (Å²) in [4.78, 5) is 13.4. The molecule has 3 fully saturated rings. The van der Waals surface area contributed by atoms with Gasteiger partial charge in [-0.25, -0.2) is 0 Å². The van der Waals surface area contributed by atoms with Crippen LogP contribution in [0.2, 0.25) is 0 Å². The third kappa shape index (κ3) is 33.4. The summed E-state index contributed by atoms with van der Waals surface area (Å²) >= 11 is 0. The highest BCUT2D eigenvalue weighted by Gasteiger charge is 2.53. The van der Waals surface area contributed by atoms with Crippen LogP contribution in [0.3, 0.4) is 0 Å². The summed E-state index contributed by atoms with van der Waals surface area (Å²) < 4.78 is 34.4. The predicted molar refractivity (Wildman–Crippen MR) is 342 cm³/mol. The molecule has 0 aromatic heterocycles. The van der Waals surface area contributed by atoms with E-state index in [0.29, 0.717) is 6.42 Å². The number of carbonyl (C=O) groups is 1. The summed E-state index contributed by atoms with van der Waals surface area (Å²) in [5.74, 6) is -0.281. The molecule has 12 N–H and O–H groups in total. The first-order valence-corrected chi connectivity index (χ1v) is 35.6. The van der Waals surface area contributed by atoms with Gasteiger partial charge in [-0.1, -0.05) is 250 Å². The Morgan fingerprint density at radius 2 is 0.716 bits per heavy atom. The van der Waals surface area contributed by atoms with Gasteiger partial charge in [0, 0.05) is 6.42 Å².